The summed E-state index contributed by atoms with van der Waals surface area (Å²) in [5.41, 5.74) is 2.86. The number of carbonyl (C=O) groups is 2. The first kappa shape index (κ1) is 26.0. The summed E-state index contributed by atoms with van der Waals surface area (Å²) in [6.07, 6.45) is 1.28. The molecule has 0 saturated heterocycles. The normalized spacial score (nSPS) is 12.7. The second-order valence-corrected chi connectivity index (χ2v) is 8.81. The predicted octanol–water partition coefficient (Wildman–Crippen LogP) is 5.71. The highest BCUT2D eigenvalue weighted by Crippen LogP contribution is 2.25. The smallest absolute Gasteiger partial charge is 0.261 e. The standard InChI is InChI=1S/C25H32Cl2N2O3/c1-6-17(4)28-25(31)22(7-2)29(14-19-11-12-20(26)21(27)13-19)24(30)15-32-23-10-8-9-16(3)18(23)5/h8-13,17,22H,6-7,14-15H2,1-5H3,(H,28,31)/t17-,22+/m1/s1. The van der Waals surface area contributed by atoms with Crippen LogP contribution in [0.5, 0.6) is 5.75 Å². The maximum Gasteiger partial charge on any atom is 0.261 e. The van der Waals surface area contributed by atoms with Crippen LogP contribution >= 0.6 is 23.2 Å². The van der Waals surface area contributed by atoms with Gasteiger partial charge in [-0.3, -0.25) is 9.59 Å². The van der Waals surface area contributed by atoms with Crippen LogP contribution in [0.25, 0.3) is 0 Å². The van der Waals surface area contributed by atoms with Gasteiger partial charge in [-0.1, -0.05) is 55.2 Å². The molecule has 0 aliphatic heterocycles. The highest BCUT2D eigenvalue weighted by atomic mass is 35.5. The molecule has 0 spiro atoms. The second kappa shape index (κ2) is 12.1. The number of hydrogen-bond donors (Lipinski definition) is 1. The Bertz CT molecular complexity index is 949. The number of rotatable bonds is 10. The van der Waals surface area contributed by atoms with E-state index >= 15 is 0 Å². The lowest BCUT2D eigenvalue weighted by Gasteiger charge is -2.31. The van der Waals surface area contributed by atoms with Crippen molar-refractivity contribution in [1.82, 2.24) is 10.2 Å². The van der Waals surface area contributed by atoms with Gasteiger partial charge in [-0.15, -0.1) is 0 Å². The highest BCUT2D eigenvalue weighted by molar-refractivity contribution is 6.42. The van der Waals surface area contributed by atoms with E-state index in [9.17, 15) is 9.59 Å². The molecular weight excluding hydrogens is 447 g/mol. The Labute approximate surface area is 201 Å². The molecule has 0 saturated carbocycles. The van der Waals surface area contributed by atoms with Gasteiger partial charge in [-0.2, -0.15) is 0 Å². The summed E-state index contributed by atoms with van der Waals surface area (Å²) in [4.78, 5) is 27.8. The molecule has 2 aromatic carbocycles. The molecule has 0 aromatic heterocycles. The number of amides is 2. The van der Waals surface area contributed by atoms with Crippen LogP contribution in [0, 0.1) is 13.8 Å². The average Bonchev–Trinajstić information content (AvgIpc) is 2.76. The van der Waals surface area contributed by atoms with Gasteiger partial charge in [-0.05, 0) is 68.5 Å². The van der Waals surface area contributed by atoms with Crippen LogP contribution in [-0.2, 0) is 16.1 Å². The molecule has 0 aliphatic carbocycles. The van der Waals surface area contributed by atoms with Crippen molar-refractivity contribution in [2.45, 2.75) is 66.1 Å². The molecule has 2 amide bonds. The second-order valence-electron chi connectivity index (χ2n) is 8.00. The number of aryl methyl sites for hydroxylation is 1. The fourth-order valence-electron chi connectivity index (χ4n) is 3.30. The summed E-state index contributed by atoms with van der Waals surface area (Å²) in [5.74, 6) is 0.204. The van der Waals surface area contributed by atoms with Crippen molar-refractivity contribution in [1.29, 1.82) is 0 Å². The van der Waals surface area contributed by atoms with Gasteiger partial charge in [0.1, 0.15) is 11.8 Å². The van der Waals surface area contributed by atoms with Crippen LogP contribution in [0.15, 0.2) is 36.4 Å². The number of hydrogen-bond acceptors (Lipinski definition) is 3. The van der Waals surface area contributed by atoms with Gasteiger partial charge in [0, 0.05) is 12.6 Å². The molecule has 2 aromatic rings. The molecule has 2 rings (SSSR count). The van der Waals surface area contributed by atoms with Gasteiger partial charge >= 0.3 is 0 Å². The van der Waals surface area contributed by atoms with Gasteiger partial charge in [0.25, 0.3) is 5.91 Å². The summed E-state index contributed by atoms with van der Waals surface area (Å²) >= 11 is 12.2. The van der Waals surface area contributed by atoms with Crippen LogP contribution in [0.2, 0.25) is 10.0 Å². The first-order valence-corrected chi connectivity index (χ1v) is 11.7. The number of nitrogens with zero attached hydrogens (tertiary/aromatic N) is 1. The highest BCUT2D eigenvalue weighted by Gasteiger charge is 2.29. The van der Waals surface area contributed by atoms with Gasteiger partial charge in [0.05, 0.1) is 10.0 Å². The molecule has 0 bridgehead atoms. The van der Waals surface area contributed by atoms with Crippen LogP contribution < -0.4 is 10.1 Å². The summed E-state index contributed by atoms with van der Waals surface area (Å²) in [6.45, 7) is 9.84. The van der Waals surface area contributed by atoms with E-state index in [1.807, 2.05) is 52.8 Å². The fourth-order valence-corrected chi connectivity index (χ4v) is 3.62. The predicted molar refractivity (Wildman–Crippen MR) is 130 cm³/mol. The number of ether oxygens (including phenoxy) is 1. The maximum atomic E-state index is 13.3. The minimum absolute atomic E-state index is 0.0182. The van der Waals surface area contributed by atoms with E-state index in [0.29, 0.717) is 22.2 Å². The average molecular weight is 479 g/mol. The number of carbonyl (C=O) groups excluding carboxylic acids is 2. The van der Waals surface area contributed by atoms with Crippen molar-refractivity contribution in [3.63, 3.8) is 0 Å². The lowest BCUT2D eigenvalue weighted by Crippen LogP contribution is -2.51. The third-order valence-electron chi connectivity index (χ3n) is 5.63. The number of nitrogens with one attached hydrogen (secondary N) is 1. The van der Waals surface area contributed by atoms with Crippen molar-refractivity contribution in [2.24, 2.45) is 0 Å². The Morgan fingerprint density at radius 3 is 2.41 bits per heavy atom. The van der Waals surface area contributed by atoms with E-state index in [1.54, 1.807) is 23.1 Å². The Hall–Kier alpha value is -2.24. The number of benzene rings is 2. The molecule has 0 heterocycles. The quantitative estimate of drug-likeness (QED) is 0.475. The van der Waals surface area contributed by atoms with Crippen molar-refractivity contribution in [3.05, 3.63) is 63.1 Å². The van der Waals surface area contributed by atoms with E-state index in [4.69, 9.17) is 27.9 Å². The summed E-state index contributed by atoms with van der Waals surface area (Å²) in [5, 5.41) is 3.83. The first-order valence-electron chi connectivity index (χ1n) is 10.9. The lowest BCUT2D eigenvalue weighted by atomic mass is 10.1. The van der Waals surface area contributed by atoms with E-state index in [1.165, 1.54) is 0 Å². The van der Waals surface area contributed by atoms with Crippen LogP contribution in [0.4, 0.5) is 0 Å². The van der Waals surface area contributed by atoms with Crippen molar-refractivity contribution < 1.29 is 14.3 Å². The maximum absolute atomic E-state index is 13.3. The van der Waals surface area contributed by atoms with E-state index in [2.05, 4.69) is 5.32 Å². The first-order chi connectivity index (χ1) is 15.2. The molecule has 7 heteroatoms. The molecule has 1 N–H and O–H groups in total. The Morgan fingerprint density at radius 1 is 1.06 bits per heavy atom. The van der Waals surface area contributed by atoms with Gasteiger partial charge in [-0.25, -0.2) is 0 Å². The summed E-state index contributed by atoms with van der Waals surface area (Å²) < 4.78 is 5.85. The molecule has 174 valence electrons. The molecule has 0 fully saturated rings. The van der Waals surface area contributed by atoms with Crippen molar-refractivity contribution in [2.75, 3.05) is 6.61 Å². The van der Waals surface area contributed by atoms with Gasteiger partial charge in [0.15, 0.2) is 6.61 Å². The summed E-state index contributed by atoms with van der Waals surface area (Å²) in [6, 6.07) is 10.3. The van der Waals surface area contributed by atoms with E-state index < -0.39 is 6.04 Å². The molecule has 0 unspecified atom stereocenters. The van der Waals surface area contributed by atoms with Crippen molar-refractivity contribution >= 4 is 35.0 Å². The minimum atomic E-state index is -0.631. The number of halogens is 2. The molecular formula is C25H32Cl2N2O3. The largest absolute Gasteiger partial charge is 0.483 e. The van der Waals surface area contributed by atoms with Crippen LogP contribution in [0.1, 0.15) is 50.3 Å². The summed E-state index contributed by atoms with van der Waals surface area (Å²) in [7, 11) is 0. The Morgan fingerprint density at radius 2 is 1.78 bits per heavy atom. The third kappa shape index (κ3) is 6.88. The topological polar surface area (TPSA) is 58.6 Å². The molecule has 5 nitrogen and oxygen atoms in total. The Balaban J connectivity index is 2.28. The molecule has 2 atom stereocenters. The zero-order valence-electron chi connectivity index (χ0n) is 19.4. The third-order valence-corrected chi connectivity index (χ3v) is 6.37. The lowest BCUT2D eigenvalue weighted by molar-refractivity contribution is -0.143. The fraction of sp³-hybridized carbons (Fsp3) is 0.440. The zero-order chi connectivity index (χ0) is 23.8. The van der Waals surface area contributed by atoms with Crippen LogP contribution in [-0.4, -0.2) is 35.4 Å². The minimum Gasteiger partial charge on any atom is -0.483 e. The van der Waals surface area contributed by atoms with E-state index in [0.717, 1.165) is 23.1 Å². The zero-order valence-corrected chi connectivity index (χ0v) is 20.9. The Kier molecular flexibility index (Phi) is 9.85. The van der Waals surface area contributed by atoms with Crippen LogP contribution in [0.3, 0.4) is 0 Å². The molecule has 0 aliphatic rings. The molecule has 0 radical (unpaired) electrons. The van der Waals surface area contributed by atoms with E-state index in [-0.39, 0.29) is 31.0 Å². The molecule has 32 heavy (non-hydrogen) atoms. The monoisotopic (exact) mass is 478 g/mol. The SMILES string of the molecule is CC[C@@H](C)NC(=O)[C@H](CC)N(Cc1ccc(Cl)c(Cl)c1)C(=O)COc1cccc(C)c1C. The van der Waals surface area contributed by atoms with Gasteiger partial charge in [0.2, 0.25) is 5.91 Å². The van der Waals surface area contributed by atoms with Gasteiger partial charge < -0.3 is 15.0 Å². The van der Waals surface area contributed by atoms with Crippen molar-refractivity contribution in [3.8, 4) is 5.75 Å².